The van der Waals surface area contributed by atoms with E-state index in [9.17, 15) is 4.79 Å². The number of guanidine groups is 1. The number of thiol groups is 1. The van der Waals surface area contributed by atoms with Crippen LogP contribution in [0, 0.1) is 5.41 Å². The third-order valence-electron chi connectivity index (χ3n) is 2.33. The lowest BCUT2D eigenvalue weighted by atomic mass is 10.1. The molecule has 0 spiro atoms. The molecular weight excluding hydrogens is 250 g/mol. The fourth-order valence-electron chi connectivity index (χ4n) is 1.56. The van der Waals surface area contributed by atoms with Crippen molar-refractivity contribution in [3.05, 3.63) is 42.5 Å². The molecule has 0 radical (unpaired) electrons. The summed E-state index contributed by atoms with van der Waals surface area (Å²) in [7, 11) is 0. The topological polar surface area (TPSA) is 79.4 Å². The highest BCUT2D eigenvalue weighted by Gasteiger charge is 2.16. The van der Waals surface area contributed by atoms with Crippen molar-refractivity contribution in [2.24, 2.45) is 5.73 Å². The maximum Gasteiger partial charge on any atom is 0.318 e. The molecule has 3 N–H and O–H groups in total. The maximum atomic E-state index is 11.2. The highest BCUT2D eigenvalue weighted by Crippen LogP contribution is 2.26. The van der Waals surface area contributed by atoms with Crippen LogP contribution in [0.25, 0.3) is 10.8 Å². The van der Waals surface area contributed by atoms with Gasteiger partial charge in [0.1, 0.15) is 0 Å². The second kappa shape index (κ2) is 4.97. The molecule has 0 saturated heterocycles. The third kappa shape index (κ3) is 2.38. The van der Waals surface area contributed by atoms with E-state index in [1.807, 2.05) is 30.3 Å². The number of fused-ring (bicyclic) bond motifs is 1. The molecule has 0 bridgehead atoms. The van der Waals surface area contributed by atoms with Gasteiger partial charge in [0, 0.05) is 5.39 Å². The number of hydrogen-bond acceptors (Lipinski definition) is 3. The Morgan fingerprint density at radius 1 is 1.22 bits per heavy atom. The first-order valence-electron chi connectivity index (χ1n) is 5.12. The molecule has 0 aliphatic heterocycles. The molecule has 18 heavy (non-hydrogen) atoms. The third-order valence-corrected chi connectivity index (χ3v) is 2.51. The number of nitrogens with two attached hydrogens (primary N) is 1. The lowest BCUT2D eigenvalue weighted by molar-refractivity contribution is 0.0698. The van der Waals surface area contributed by atoms with Crippen LogP contribution in [0.4, 0.5) is 4.79 Å². The van der Waals surface area contributed by atoms with Crippen molar-refractivity contribution in [3.63, 3.8) is 0 Å². The van der Waals surface area contributed by atoms with E-state index in [1.165, 1.54) is 0 Å². The summed E-state index contributed by atoms with van der Waals surface area (Å²) in [5, 5.41) is 8.89. The van der Waals surface area contributed by atoms with Gasteiger partial charge in [-0.15, -0.1) is 0 Å². The molecular formula is C12H11N3O2S. The Morgan fingerprint density at radius 2 is 1.89 bits per heavy atom. The first-order valence-corrected chi connectivity index (χ1v) is 5.57. The van der Waals surface area contributed by atoms with Gasteiger partial charge in [-0.2, -0.15) is 0 Å². The number of benzene rings is 2. The van der Waals surface area contributed by atoms with Crippen LogP contribution in [0.5, 0.6) is 5.75 Å². The Bertz CT molecular complexity index is 596. The number of carbonyl (C=O) groups is 1. The molecule has 2 rings (SSSR count). The summed E-state index contributed by atoms with van der Waals surface area (Å²) >= 11 is 3.60. The number of rotatable bonds is 2. The lowest BCUT2D eigenvalue weighted by Gasteiger charge is -2.18. The van der Waals surface area contributed by atoms with Crippen LogP contribution in [-0.4, -0.2) is 16.3 Å². The Morgan fingerprint density at radius 3 is 2.56 bits per heavy atom. The monoisotopic (exact) mass is 261 g/mol. The van der Waals surface area contributed by atoms with E-state index in [4.69, 9.17) is 16.0 Å². The summed E-state index contributed by atoms with van der Waals surface area (Å²) in [6, 6.07) is 12.9. The van der Waals surface area contributed by atoms with E-state index >= 15 is 0 Å². The Kier molecular flexibility index (Phi) is 3.38. The van der Waals surface area contributed by atoms with E-state index in [2.05, 4.69) is 12.6 Å². The predicted molar refractivity (Wildman–Crippen MR) is 72.7 cm³/mol. The molecule has 0 saturated carbocycles. The van der Waals surface area contributed by atoms with E-state index in [1.54, 1.807) is 12.1 Å². The second-order valence-electron chi connectivity index (χ2n) is 3.53. The van der Waals surface area contributed by atoms with Crippen molar-refractivity contribution >= 4 is 34.6 Å². The normalized spacial score (nSPS) is 10.1. The fourth-order valence-corrected chi connectivity index (χ4v) is 1.71. The van der Waals surface area contributed by atoms with Crippen molar-refractivity contribution in [1.82, 2.24) is 5.06 Å². The van der Waals surface area contributed by atoms with Crippen molar-refractivity contribution in [3.8, 4) is 5.75 Å². The summed E-state index contributed by atoms with van der Waals surface area (Å²) < 4.78 is 0. The highest BCUT2D eigenvalue weighted by molar-refractivity contribution is 7.96. The maximum absolute atomic E-state index is 11.2. The Labute approximate surface area is 109 Å². The van der Waals surface area contributed by atoms with Gasteiger partial charge in [-0.3, -0.25) is 10.2 Å². The molecule has 0 aromatic heterocycles. The summed E-state index contributed by atoms with van der Waals surface area (Å²) in [5.41, 5.74) is 5.24. The molecule has 0 heterocycles. The molecule has 0 aliphatic carbocycles. The highest BCUT2D eigenvalue weighted by atomic mass is 32.1. The van der Waals surface area contributed by atoms with Gasteiger partial charge < -0.3 is 10.6 Å². The molecule has 0 fully saturated rings. The first kappa shape index (κ1) is 12.3. The van der Waals surface area contributed by atoms with Crippen molar-refractivity contribution < 1.29 is 9.63 Å². The quantitative estimate of drug-likeness (QED) is 0.336. The van der Waals surface area contributed by atoms with Gasteiger partial charge >= 0.3 is 5.24 Å². The molecule has 1 amide bonds. The molecule has 5 nitrogen and oxygen atoms in total. The van der Waals surface area contributed by atoms with Crippen LogP contribution >= 0.6 is 12.6 Å². The van der Waals surface area contributed by atoms with Gasteiger partial charge in [-0.1, -0.05) is 54.1 Å². The molecule has 0 unspecified atom stereocenters. The second-order valence-corrected chi connectivity index (χ2v) is 3.91. The average molecular weight is 261 g/mol. The van der Waals surface area contributed by atoms with Gasteiger partial charge in [0.2, 0.25) is 5.96 Å². The minimum absolute atomic E-state index is 0.436. The fraction of sp³-hybridized carbons (Fsp3) is 0. The zero-order valence-corrected chi connectivity index (χ0v) is 10.2. The van der Waals surface area contributed by atoms with E-state index in [0.29, 0.717) is 10.8 Å². The number of nitrogens with zero attached hydrogens (tertiary/aromatic N) is 1. The number of amides is 1. The SMILES string of the molecule is N=C(N)N(Oc1cccc2ccccc12)C(=O)S. The first-order chi connectivity index (χ1) is 8.59. The summed E-state index contributed by atoms with van der Waals surface area (Å²) in [6.07, 6.45) is 0. The van der Waals surface area contributed by atoms with Crippen LogP contribution in [-0.2, 0) is 0 Å². The molecule has 0 aliphatic rings. The summed E-state index contributed by atoms with van der Waals surface area (Å²) in [4.78, 5) is 16.5. The van der Waals surface area contributed by atoms with E-state index in [-0.39, 0.29) is 0 Å². The standard InChI is InChI=1S/C12H11N3O2S/c13-11(14)15(12(16)18)17-10-7-3-5-8-4-1-2-6-9(8)10/h1-7H,(H3,13,14)(H,16,18). The van der Waals surface area contributed by atoms with Crippen LogP contribution in [0.15, 0.2) is 42.5 Å². The molecule has 92 valence electrons. The molecule has 2 aromatic rings. The summed E-state index contributed by atoms with van der Waals surface area (Å²) in [5.74, 6) is -0.0892. The van der Waals surface area contributed by atoms with Crippen molar-refractivity contribution in [2.45, 2.75) is 0 Å². The van der Waals surface area contributed by atoms with Gasteiger partial charge in [0.15, 0.2) is 5.75 Å². The molecule has 0 atom stereocenters. The number of hydrogen-bond donors (Lipinski definition) is 3. The number of nitrogens with one attached hydrogen (secondary N) is 1. The van der Waals surface area contributed by atoms with Crippen LogP contribution < -0.4 is 10.6 Å². The minimum atomic E-state index is -0.754. The average Bonchev–Trinajstić information content (AvgIpc) is 2.35. The zero-order valence-electron chi connectivity index (χ0n) is 9.33. The Balaban J connectivity index is 2.42. The van der Waals surface area contributed by atoms with Gasteiger partial charge in [0.05, 0.1) is 0 Å². The van der Waals surface area contributed by atoms with E-state index in [0.717, 1.165) is 10.8 Å². The summed E-state index contributed by atoms with van der Waals surface area (Å²) in [6.45, 7) is 0. The van der Waals surface area contributed by atoms with Crippen LogP contribution in [0.2, 0.25) is 0 Å². The van der Waals surface area contributed by atoms with E-state index < -0.39 is 11.2 Å². The molecule has 6 heteroatoms. The van der Waals surface area contributed by atoms with Gasteiger partial charge in [0.25, 0.3) is 0 Å². The molecule has 2 aromatic carbocycles. The Hall–Kier alpha value is -2.21. The largest absolute Gasteiger partial charge is 0.368 e. The number of carbonyl (C=O) groups excluding carboxylic acids is 1. The van der Waals surface area contributed by atoms with Crippen LogP contribution in [0.3, 0.4) is 0 Å². The van der Waals surface area contributed by atoms with Crippen LogP contribution in [0.1, 0.15) is 0 Å². The van der Waals surface area contributed by atoms with Crippen molar-refractivity contribution in [1.29, 1.82) is 5.41 Å². The lowest BCUT2D eigenvalue weighted by Crippen LogP contribution is -2.40. The minimum Gasteiger partial charge on any atom is -0.368 e. The van der Waals surface area contributed by atoms with Crippen molar-refractivity contribution in [2.75, 3.05) is 0 Å². The predicted octanol–water partition coefficient (Wildman–Crippen LogP) is 2.38. The van der Waals surface area contributed by atoms with Gasteiger partial charge in [-0.25, -0.2) is 0 Å². The zero-order chi connectivity index (χ0) is 13.1. The smallest absolute Gasteiger partial charge is 0.318 e. The van der Waals surface area contributed by atoms with Gasteiger partial charge in [-0.05, 0) is 11.5 Å². The number of hydroxylamine groups is 2.